The van der Waals surface area contributed by atoms with Gasteiger partial charge < -0.3 is 20.1 Å². The van der Waals surface area contributed by atoms with E-state index in [0.717, 1.165) is 43.3 Å². The molecule has 28 heavy (non-hydrogen) atoms. The summed E-state index contributed by atoms with van der Waals surface area (Å²) in [6, 6.07) is 8.24. The van der Waals surface area contributed by atoms with E-state index in [4.69, 9.17) is 9.47 Å². The molecule has 2 N–H and O–H groups in total. The summed E-state index contributed by atoms with van der Waals surface area (Å²) in [6.07, 6.45) is 3.51. The van der Waals surface area contributed by atoms with E-state index in [2.05, 4.69) is 20.7 Å². The van der Waals surface area contributed by atoms with Crippen LogP contribution in [0.2, 0.25) is 0 Å². The molecule has 0 aliphatic heterocycles. The largest absolute Gasteiger partial charge is 0.382 e. The molecule has 154 valence electrons. The zero-order chi connectivity index (χ0) is 20.0. The highest BCUT2D eigenvalue weighted by atomic mass is 19.1. The Balaban J connectivity index is 1.73. The summed E-state index contributed by atoms with van der Waals surface area (Å²) in [7, 11) is 1.66. The molecule has 1 aromatic carbocycles. The van der Waals surface area contributed by atoms with Crippen LogP contribution in [0.15, 0.2) is 41.5 Å². The van der Waals surface area contributed by atoms with Crippen LogP contribution in [-0.2, 0) is 15.9 Å². The van der Waals surface area contributed by atoms with Crippen LogP contribution in [0.25, 0.3) is 5.69 Å². The second-order valence-electron chi connectivity index (χ2n) is 6.12. The van der Waals surface area contributed by atoms with Crippen LogP contribution in [0, 0.1) is 5.82 Å². The fraction of sp³-hybridized carbons (Fsp3) is 0.500. The molecule has 0 aliphatic rings. The number of aromatic nitrogens is 2. The first-order chi connectivity index (χ1) is 13.7. The Morgan fingerprint density at radius 1 is 1.14 bits per heavy atom. The average Bonchev–Trinajstić information content (AvgIpc) is 3.16. The molecule has 7 nitrogen and oxygen atoms in total. The minimum Gasteiger partial charge on any atom is -0.382 e. The molecule has 0 spiro atoms. The van der Waals surface area contributed by atoms with Gasteiger partial charge in [-0.05, 0) is 43.7 Å². The number of nitrogens with zero attached hydrogens (tertiary/aromatic N) is 3. The van der Waals surface area contributed by atoms with Gasteiger partial charge in [0, 0.05) is 46.0 Å². The number of hydrogen-bond donors (Lipinski definition) is 2. The number of guanidine groups is 1. The first-order valence-electron chi connectivity index (χ1n) is 9.62. The number of methoxy groups -OCH3 is 1. The quantitative estimate of drug-likeness (QED) is 0.330. The second kappa shape index (κ2) is 12.9. The van der Waals surface area contributed by atoms with E-state index >= 15 is 0 Å². The number of benzene rings is 1. The summed E-state index contributed by atoms with van der Waals surface area (Å²) in [4.78, 5) is 4.55. The van der Waals surface area contributed by atoms with Gasteiger partial charge in [-0.1, -0.05) is 0 Å². The highest BCUT2D eigenvalue weighted by Crippen LogP contribution is 2.09. The highest BCUT2D eigenvalue weighted by molar-refractivity contribution is 5.79. The lowest BCUT2D eigenvalue weighted by Crippen LogP contribution is -2.38. The second-order valence-corrected chi connectivity index (χ2v) is 6.12. The summed E-state index contributed by atoms with van der Waals surface area (Å²) in [5.41, 5.74) is 1.79. The molecule has 0 saturated heterocycles. The predicted molar refractivity (Wildman–Crippen MR) is 109 cm³/mol. The molecule has 0 atom stereocenters. The zero-order valence-corrected chi connectivity index (χ0v) is 16.7. The molecule has 0 bridgehead atoms. The number of ether oxygens (including phenoxy) is 2. The van der Waals surface area contributed by atoms with Gasteiger partial charge in [0.1, 0.15) is 5.82 Å². The lowest BCUT2D eigenvalue weighted by Gasteiger charge is -2.10. The van der Waals surface area contributed by atoms with Crippen molar-refractivity contribution < 1.29 is 13.9 Å². The lowest BCUT2D eigenvalue weighted by atomic mass is 10.3. The number of rotatable bonds is 12. The first-order valence-corrected chi connectivity index (χ1v) is 9.62. The number of halogens is 1. The van der Waals surface area contributed by atoms with Gasteiger partial charge in [-0.25, -0.2) is 9.07 Å². The van der Waals surface area contributed by atoms with Crippen LogP contribution in [0.3, 0.4) is 0 Å². The van der Waals surface area contributed by atoms with E-state index < -0.39 is 0 Å². The third kappa shape index (κ3) is 8.06. The minimum atomic E-state index is -0.253. The van der Waals surface area contributed by atoms with Gasteiger partial charge in [0.05, 0.1) is 24.6 Å². The highest BCUT2D eigenvalue weighted by Gasteiger charge is 2.03. The molecule has 1 aromatic heterocycles. The molecule has 2 aromatic rings. The Morgan fingerprint density at radius 3 is 2.71 bits per heavy atom. The van der Waals surface area contributed by atoms with Crippen molar-refractivity contribution in [1.29, 1.82) is 0 Å². The monoisotopic (exact) mass is 391 g/mol. The van der Waals surface area contributed by atoms with Gasteiger partial charge in [-0.2, -0.15) is 5.10 Å². The van der Waals surface area contributed by atoms with E-state index in [9.17, 15) is 4.39 Å². The van der Waals surface area contributed by atoms with Gasteiger partial charge in [-0.15, -0.1) is 0 Å². The summed E-state index contributed by atoms with van der Waals surface area (Å²) in [5.74, 6) is 0.537. The van der Waals surface area contributed by atoms with E-state index in [1.807, 2.05) is 19.2 Å². The molecular formula is C20H30FN5O2. The number of nitrogens with one attached hydrogen (secondary N) is 2. The zero-order valence-electron chi connectivity index (χ0n) is 16.7. The standard InChI is InChI=1S/C20H30FN5O2/c1-3-22-20(23-11-4-14-28-16-15-27-2)24-12-9-18-10-13-26(25-18)19-7-5-17(21)6-8-19/h5-8,10,13H,3-4,9,11-12,14-16H2,1-2H3,(H2,22,23,24). The Morgan fingerprint density at radius 2 is 1.96 bits per heavy atom. The Hall–Kier alpha value is -2.45. The van der Waals surface area contributed by atoms with E-state index in [1.54, 1.807) is 23.9 Å². The van der Waals surface area contributed by atoms with E-state index in [-0.39, 0.29) is 5.82 Å². The maximum absolute atomic E-state index is 13.0. The molecular weight excluding hydrogens is 361 g/mol. The average molecular weight is 391 g/mol. The Kier molecular flexibility index (Phi) is 10.0. The topological polar surface area (TPSA) is 72.7 Å². The summed E-state index contributed by atoms with van der Waals surface area (Å²) >= 11 is 0. The molecule has 0 saturated carbocycles. The minimum absolute atomic E-state index is 0.253. The van der Waals surface area contributed by atoms with Crippen molar-refractivity contribution in [3.63, 3.8) is 0 Å². The molecule has 0 fully saturated rings. The maximum atomic E-state index is 13.0. The fourth-order valence-electron chi connectivity index (χ4n) is 2.49. The van der Waals surface area contributed by atoms with E-state index in [0.29, 0.717) is 26.4 Å². The molecule has 0 radical (unpaired) electrons. The number of hydrogen-bond acceptors (Lipinski definition) is 4. The Bertz CT molecular complexity index is 703. The SMILES string of the molecule is CCNC(=NCCCOCCOC)NCCc1ccn(-c2ccc(F)cc2)n1. The molecule has 0 aliphatic carbocycles. The molecule has 2 rings (SSSR count). The molecule has 0 amide bonds. The van der Waals surface area contributed by atoms with Crippen molar-refractivity contribution in [2.45, 2.75) is 19.8 Å². The van der Waals surface area contributed by atoms with Crippen molar-refractivity contribution >= 4 is 5.96 Å². The maximum Gasteiger partial charge on any atom is 0.191 e. The summed E-state index contributed by atoms with van der Waals surface area (Å²) < 4.78 is 25.1. The smallest absolute Gasteiger partial charge is 0.191 e. The molecule has 1 heterocycles. The van der Waals surface area contributed by atoms with Crippen molar-refractivity contribution in [3.05, 3.63) is 48.0 Å². The fourth-order valence-corrected chi connectivity index (χ4v) is 2.49. The molecule has 0 unspecified atom stereocenters. The predicted octanol–water partition coefficient (Wildman–Crippen LogP) is 2.16. The normalized spacial score (nSPS) is 11.6. The van der Waals surface area contributed by atoms with Crippen LogP contribution in [0.1, 0.15) is 19.0 Å². The third-order valence-corrected chi connectivity index (χ3v) is 3.90. The van der Waals surface area contributed by atoms with Gasteiger partial charge in [0.15, 0.2) is 5.96 Å². The van der Waals surface area contributed by atoms with E-state index in [1.165, 1.54) is 12.1 Å². The van der Waals surface area contributed by atoms with Crippen LogP contribution < -0.4 is 10.6 Å². The Labute approximate surface area is 165 Å². The van der Waals surface area contributed by atoms with Crippen LogP contribution in [-0.4, -0.2) is 62.3 Å². The van der Waals surface area contributed by atoms with Gasteiger partial charge in [0.25, 0.3) is 0 Å². The van der Waals surface area contributed by atoms with Crippen molar-refractivity contribution in [1.82, 2.24) is 20.4 Å². The van der Waals surface area contributed by atoms with Crippen LogP contribution >= 0.6 is 0 Å². The third-order valence-electron chi connectivity index (χ3n) is 3.90. The van der Waals surface area contributed by atoms with Crippen molar-refractivity contribution in [2.24, 2.45) is 4.99 Å². The van der Waals surface area contributed by atoms with Crippen LogP contribution in [0.5, 0.6) is 0 Å². The molecule has 8 heteroatoms. The van der Waals surface area contributed by atoms with Gasteiger partial charge in [0.2, 0.25) is 0 Å². The first kappa shape index (κ1) is 21.8. The summed E-state index contributed by atoms with van der Waals surface area (Å²) in [5, 5.41) is 11.1. The van der Waals surface area contributed by atoms with Gasteiger partial charge >= 0.3 is 0 Å². The van der Waals surface area contributed by atoms with Crippen molar-refractivity contribution in [2.75, 3.05) is 46.6 Å². The van der Waals surface area contributed by atoms with Crippen LogP contribution in [0.4, 0.5) is 4.39 Å². The number of aliphatic imine (C=N–C) groups is 1. The van der Waals surface area contributed by atoms with Gasteiger partial charge in [-0.3, -0.25) is 4.99 Å². The summed E-state index contributed by atoms with van der Waals surface area (Å²) in [6.45, 7) is 6.16. The lowest BCUT2D eigenvalue weighted by molar-refractivity contribution is 0.0702. The van der Waals surface area contributed by atoms with Crippen molar-refractivity contribution in [3.8, 4) is 5.69 Å².